The third-order valence-corrected chi connectivity index (χ3v) is 3.41. The van der Waals surface area contributed by atoms with E-state index in [9.17, 15) is 4.79 Å². The molecule has 0 unspecified atom stereocenters. The highest BCUT2D eigenvalue weighted by atomic mass is 35.5. The largest absolute Gasteiger partial charge is 0.321 e. The van der Waals surface area contributed by atoms with Gasteiger partial charge in [0.05, 0.1) is 17.4 Å². The number of halogens is 1. The number of hydrogen-bond acceptors (Lipinski definition) is 2. The van der Waals surface area contributed by atoms with Crippen molar-refractivity contribution < 1.29 is 4.79 Å². The molecule has 3 rings (SSSR count). The van der Waals surface area contributed by atoms with Crippen molar-refractivity contribution in [2.75, 3.05) is 5.32 Å². The Hall–Kier alpha value is -2.33. The van der Waals surface area contributed by atoms with Gasteiger partial charge in [-0.25, -0.2) is 0 Å². The second-order valence-electron chi connectivity index (χ2n) is 4.42. The smallest absolute Gasteiger partial charge is 0.255 e. The van der Waals surface area contributed by atoms with Gasteiger partial charge < -0.3 is 5.32 Å². The molecule has 1 amide bonds. The van der Waals surface area contributed by atoms with Crippen LogP contribution in [0.15, 0.2) is 48.7 Å². The number of nitrogens with zero attached hydrogens (tertiary/aromatic N) is 1. The van der Waals surface area contributed by atoms with Crippen LogP contribution in [-0.2, 0) is 5.88 Å². The summed E-state index contributed by atoms with van der Waals surface area (Å²) in [5.74, 6) is 0.288. The van der Waals surface area contributed by atoms with Crippen LogP contribution in [0.2, 0.25) is 0 Å². The lowest BCUT2D eigenvalue weighted by molar-refractivity contribution is 0.102. The Morgan fingerprint density at radius 3 is 2.75 bits per heavy atom. The van der Waals surface area contributed by atoms with Crippen LogP contribution < -0.4 is 5.32 Å². The quantitative estimate of drug-likeness (QED) is 0.723. The van der Waals surface area contributed by atoms with Gasteiger partial charge in [0.25, 0.3) is 5.91 Å². The number of benzene rings is 2. The number of aromatic nitrogens is 2. The molecule has 0 aliphatic heterocycles. The number of alkyl halides is 1. The molecule has 2 N–H and O–H groups in total. The van der Waals surface area contributed by atoms with E-state index in [1.807, 2.05) is 30.3 Å². The van der Waals surface area contributed by atoms with E-state index in [-0.39, 0.29) is 5.91 Å². The molecule has 3 aromatic rings. The first-order chi connectivity index (χ1) is 9.78. The molecule has 1 aromatic heterocycles. The summed E-state index contributed by atoms with van der Waals surface area (Å²) in [5, 5.41) is 10.6. The Morgan fingerprint density at radius 1 is 1.20 bits per heavy atom. The van der Waals surface area contributed by atoms with Gasteiger partial charge >= 0.3 is 0 Å². The standard InChI is InChI=1S/C15H12ClN3O/c16-8-10-4-6-11(7-5-10)15(20)18-13-2-1-3-14-12(13)9-17-19-14/h1-7,9H,8H2,(H,17,19)(H,18,20). The average Bonchev–Trinajstić information content (AvgIpc) is 2.97. The number of aromatic amines is 1. The lowest BCUT2D eigenvalue weighted by Gasteiger charge is -2.06. The predicted octanol–water partition coefficient (Wildman–Crippen LogP) is 3.55. The molecule has 4 nitrogen and oxygen atoms in total. The number of hydrogen-bond donors (Lipinski definition) is 2. The molecule has 2 aromatic carbocycles. The molecule has 0 bridgehead atoms. The fourth-order valence-corrected chi connectivity index (χ4v) is 2.20. The number of carbonyl (C=O) groups excluding carboxylic acids is 1. The van der Waals surface area contributed by atoms with E-state index in [1.165, 1.54) is 0 Å². The minimum Gasteiger partial charge on any atom is -0.321 e. The normalized spacial score (nSPS) is 10.7. The maximum absolute atomic E-state index is 12.2. The maximum atomic E-state index is 12.2. The first-order valence-electron chi connectivity index (χ1n) is 6.16. The summed E-state index contributed by atoms with van der Waals surface area (Å²) in [6, 6.07) is 12.9. The van der Waals surface area contributed by atoms with Crippen LogP contribution in [0, 0.1) is 0 Å². The lowest BCUT2D eigenvalue weighted by Crippen LogP contribution is -2.11. The highest BCUT2D eigenvalue weighted by Gasteiger charge is 2.09. The molecule has 0 spiro atoms. The van der Waals surface area contributed by atoms with Crippen LogP contribution in [0.25, 0.3) is 10.9 Å². The van der Waals surface area contributed by atoms with Crippen LogP contribution in [0.1, 0.15) is 15.9 Å². The van der Waals surface area contributed by atoms with Crippen LogP contribution in [0.3, 0.4) is 0 Å². The number of rotatable bonds is 3. The monoisotopic (exact) mass is 285 g/mol. The van der Waals surface area contributed by atoms with Gasteiger partial charge in [0.2, 0.25) is 0 Å². The summed E-state index contributed by atoms with van der Waals surface area (Å²) in [7, 11) is 0. The highest BCUT2D eigenvalue weighted by Crippen LogP contribution is 2.21. The van der Waals surface area contributed by atoms with Gasteiger partial charge in [0.1, 0.15) is 0 Å². The third kappa shape index (κ3) is 2.38. The van der Waals surface area contributed by atoms with Gasteiger partial charge in [-0.1, -0.05) is 18.2 Å². The van der Waals surface area contributed by atoms with E-state index in [0.29, 0.717) is 11.4 Å². The number of nitrogens with one attached hydrogen (secondary N) is 2. The number of H-pyrrole nitrogens is 1. The van der Waals surface area contributed by atoms with Crippen molar-refractivity contribution in [3.8, 4) is 0 Å². The zero-order chi connectivity index (χ0) is 13.9. The van der Waals surface area contributed by atoms with E-state index >= 15 is 0 Å². The first-order valence-corrected chi connectivity index (χ1v) is 6.70. The number of amides is 1. The van der Waals surface area contributed by atoms with Crippen molar-refractivity contribution >= 4 is 34.1 Å². The summed E-state index contributed by atoms with van der Waals surface area (Å²) in [6.07, 6.45) is 1.70. The van der Waals surface area contributed by atoms with Gasteiger partial charge in [0.15, 0.2) is 0 Å². The SMILES string of the molecule is O=C(Nc1cccc2[nH]ncc12)c1ccc(CCl)cc1. The summed E-state index contributed by atoms with van der Waals surface area (Å²) in [4.78, 5) is 12.2. The van der Waals surface area contributed by atoms with Gasteiger partial charge in [0, 0.05) is 16.8 Å². The third-order valence-electron chi connectivity index (χ3n) is 3.10. The molecule has 0 aliphatic carbocycles. The predicted molar refractivity (Wildman–Crippen MR) is 80.0 cm³/mol. The van der Waals surface area contributed by atoms with Gasteiger partial charge in [-0.05, 0) is 29.8 Å². The van der Waals surface area contributed by atoms with E-state index < -0.39 is 0 Å². The fourth-order valence-electron chi connectivity index (χ4n) is 2.02. The second-order valence-corrected chi connectivity index (χ2v) is 4.69. The zero-order valence-electron chi connectivity index (χ0n) is 10.6. The Labute approximate surface area is 120 Å². The Kier molecular flexibility index (Phi) is 3.39. The molecular formula is C15H12ClN3O. The van der Waals surface area contributed by atoms with Crippen molar-refractivity contribution in [1.82, 2.24) is 10.2 Å². The number of fused-ring (bicyclic) bond motifs is 1. The number of anilines is 1. The lowest BCUT2D eigenvalue weighted by atomic mass is 10.1. The Bertz CT molecular complexity index is 749. The molecular weight excluding hydrogens is 274 g/mol. The van der Waals surface area contributed by atoms with Gasteiger partial charge in [-0.2, -0.15) is 5.10 Å². The average molecular weight is 286 g/mol. The summed E-state index contributed by atoms with van der Waals surface area (Å²) >= 11 is 5.73. The van der Waals surface area contributed by atoms with Crippen LogP contribution >= 0.6 is 11.6 Å². The molecule has 0 aliphatic rings. The second kappa shape index (κ2) is 5.35. The van der Waals surface area contributed by atoms with E-state index in [1.54, 1.807) is 18.3 Å². The van der Waals surface area contributed by atoms with Crippen molar-refractivity contribution in [3.05, 3.63) is 59.8 Å². The fraction of sp³-hybridized carbons (Fsp3) is 0.0667. The minimum absolute atomic E-state index is 0.153. The van der Waals surface area contributed by atoms with Crippen LogP contribution in [0.5, 0.6) is 0 Å². The van der Waals surface area contributed by atoms with Crippen LogP contribution in [0.4, 0.5) is 5.69 Å². The molecule has 0 saturated heterocycles. The summed E-state index contributed by atoms with van der Waals surface area (Å²) in [6.45, 7) is 0. The number of carbonyl (C=O) groups is 1. The van der Waals surface area contributed by atoms with Crippen molar-refractivity contribution in [2.45, 2.75) is 5.88 Å². The first kappa shape index (κ1) is 12.7. The molecule has 0 saturated carbocycles. The van der Waals surface area contributed by atoms with E-state index in [0.717, 1.165) is 22.2 Å². The Balaban J connectivity index is 1.86. The highest BCUT2D eigenvalue weighted by molar-refractivity contribution is 6.17. The van der Waals surface area contributed by atoms with Crippen LogP contribution in [-0.4, -0.2) is 16.1 Å². The molecule has 1 heterocycles. The van der Waals surface area contributed by atoms with Crippen molar-refractivity contribution in [2.24, 2.45) is 0 Å². The molecule has 20 heavy (non-hydrogen) atoms. The molecule has 0 atom stereocenters. The maximum Gasteiger partial charge on any atom is 0.255 e. The molecule has 5 heteroatoms. The summed E-state index contributed by atoms with van der Waals surface area (Å²) < 4.78 is 0. The summed E-state index contributed by atoms with van der Waals surface area (Å²) in [5.41, 5.74) is 3.21. The molecule has 0 radical (unpaired) electrons. The minimum atomic E-state index is -0.153. The molecule has 0 fully saturated rings. The van der Waals surface area contributed by atoms with Gasteiger partial charge in [-0.3, -0.25) is 9.89 Å². The van der Waals surface area contributed by atoms with Gasteiger partial charge in [-0.15, -0.1) is 11.6 Å². The Morgan fingerprint density at radius 2 is 2.00 bits per heavy atom. The van der Waals surface area contributed by atoms with Crippen molar-refractivity contribution in [1.29, 1.82) is 0 Å². The van der Waals surface area contributed by atoms with E-state index in [4.69, 9.17) is 11.6 Å². The molecule has 100 valence electrons. The topological polar surface area (TPSA) is 57.8 Å². The van der Waals surface area contributed by atoms with Crippen molar-refractivity contribution in [3.63, 3.8) is 0 Å². The van der Waals surface area contributed by atoms with E-state index in [2.05, 4.69) is 15.5 Å². The zero-order valence-corrected chi connectivity index (χ0v) is 11.3.